The molecule has 0 saturated carbocycles. The number of nitrogens with one attached hydrogen (secondary N) is 2. The van der Waals surface area contributed by atoms with Crippen LogP contribution in [-0.2, 0) is 9.59 Å². The van der Waals surface area contributed by atoms with Gasteiger partial charge in [-0.15, -0.1) is 0 Å². The Hall–Kier alpha value is -0.440. The molecule has 0 radical (unpaired) electrons. The zero-order valence-corrected chi connectivity index (χ0v) is 11.0. The fourth-order valence-corrected chi connectivity index (χ4v) is 3.01. The van der Waals surface area contributed by atoms with Gasteiger partial charge in [-0.25, -0.2) is 0 Å². The molecule has 0 spiro atoms. The molecule has 16 heavy (non-hydrogen) atoms. The Kier molecular flexibility index (Phi) is 8.44. The predicted octanol–water partition coefficient (Wildman–Crippen LogP) is -1.49. The lowest BCUT2D eigenvalue weighted by molar-refractivity contribution is -0.122. The van der Waals surface area contributed by atoms with Gasteiger partial charge in [-0.05, 0) is 0 Å². The lowest BCUT2D eigenvalue weighted by Gasteiger charge is -2.11. The average molecular weight is 266 g/mol. The number of nitrogens with two attached hydrogens (primary N) is 2. The summed E-state index contributed by atoms with van der Waals surface area (Å²) in [6, 6.07) is -1.06. The van der Waals surface area contributed by atoms with Crippen molar-refractivity contribution in [3.63, 3.8) is 0 Å². The summed E-state index contributed by atoms with van der Waals surface area (Å²) in [6.45, 7) is 0. The van der Waals surface area contributed by atoms with E-state index in [4.69, 9.17) is 11.5 Å². The molecule has 0 bridgehead atoms. The highest BCUT2D eigenvalue weighted by atomic mass is 33.1. The van der Waals surface area contributed by atoms with Crippen LogP contribution in [0.15, 0.2) is 0 Å². The smallest absolute Gasteiger partial charge is 0.237 e. The van der Waals surface area contributed by atoms with Crippen LogP contribution in [0, 0.1) is 0 Å². The largest absolute Gasteiger partial charge is 0.358 e. The molecule has 0 rings (SSSR count). The van der Waals surface area contributed by atoms with E-state index in [-0.39, 0.29) is 11.8 Å². The van der Waals surface area contributed by atoms with Crippen molar-refractivity contribution < 1.29 is 9.59 Å². The quantitative estimate of drug-likeness (QED) is 0.330. The van der Waals surface area contributed by atoms with Crippen molar-refractivity contribution in [2.24, 2.45) is 11.5 Å². The Morgan fingerprint density at radius 1 is 1.00 bits per heavy atom. The first-order valence-corrected chi connectivity index (χ1v) is 7.20. The van der Waals surface area contributed by atoms with Crippen LogP contribution in [0.2, 0.25) is 0 Å². The van der Waals surface area contributed by atoms with E-state index in [1.807, 2.05) is 0 Å². The van der Waals surface area contributed by atoms with Gasteiger partial charge in [0.15, 0.2) is 0 Å². The number of hydrogen-bond acceptors (Lipinski definition) is 6. The van der Waals surface area contributed by atoms with Gasteiger partial charge in [0, 0.05) is 25.6 Å². The van der Waals surface area contributed by atoms with E-state index in [0.29, 0.717) is 11.5 Å². The molecule has 1 unspecified atom stereocenters. The minimum Gasteiger partial charge on any atom is -0.358 e. The van der Waals surface area contributed by atoms with E-state index in [0.717, 1.165) is 0 Å². The highest BCUT2D eigenvalue weighted by Crippen LogP contribution is 2.22. The second kappa shape index (κ2) is 8.68. The maximum Gasteiger partial charge on any atom is 0.237 e. The molecule has 0 aliphatic heterocycles. The summed E-state index contributed by atoms with van der Waals surface area (Å²) in [5, 5.41) is 4.93. The number of hydrogen-bond donors (Lipinski definition) is 4. The summed E-state index contributed by atoms with van der Waals surface area (Å²) in [5.41, 5.74) is 11.1. The number of amides is 2. The molecule has 0 fully saturated rings. The van der Waals surface area contributed by atoms with Gasteiger partial charge in [-0.3, -0.25) is 9.59 Å². The van der Waals surface area contributed by atoms with Crippen LogP contribution < -0.4 is 22.1 Å². The predicted molar refractivity (Wildman–Crippen MR) is 69.0 cm³/mol. The minimum absolute atomic E-state index is 0.191. The third-order valence-electron chi connectivity index (χ3n) is 1.74. The Morgan fingerprint density at radius 2 is 1.31 bits per heavy atom. The molecule has 0 aromatic rings. The summed E-state index contributed by atoms with van der Waals surface area (Å²) in [7, 11) is 5.95. The molecular weight excluding hydrogens is 248 g/mol. The van der Waals surface area contributed by atoms with Gasteiger partial charge in [0.05, 0.1) is 12.1 Å². The van der Waals surface area contributed by atoms with Crippen LogP contribution >= 0.6 is 21.6 Å². The molecule has 2 amide bonds. The maximum absolute atomic E-state index is 11.0. The zero-order valence-electron chi connectivity index (χ0n) is 9.36. The summed E-state index contributed by atoms with van der Waals surface area (Å²) < 4.78 is 0. The van der Waals surface area contributed by atoms with Gasteiger partial charge < -0.3 is 22.1 Å². The molecule has 6 nitrogen and oxygen atoms in total. The monoisotopic (exact) mass is 266 g/mol. The molecule has 0 heterocycles. The van der Waals surface area contributed by atoms with Crippen molar-refractivity contribution in [1.29, 1.82) is 0 Å². The molecule has 0 aliphatic carbocycles. The van der Waals surface area contributed by atoms with Crippen molar-refractivity contribution >= 4 is 33.4 Å². The lowest BCUT2D eigenvalue weighted by Crippen LogP contribution is -2.41. The minimum atomic E-state index is -0.529. The Morgan fingerprint density at radius 3 is 1.56 bits per heavy atom. The molecular formula is C8H18N4O2S2. The molecule has 0 aromatic carbocycles. The van der Waals surface area contributed by atoms with Crippen molar-refractivity contribution in [2.75, 3.05) is 25.6 Å². The topological polar surface area (TPSA) is 110 Å². The van der Waals surface area contributed by atoms with E-state index >= 15 is 0 Å². The third kappa shape index (κ3) is 6.21. The normalized spacial score (nSPS) is 14.0. The fourth-order valence-electron chi connectivity index (χ4n) is 0.765. The van der Waals surface area contributed by atoms with Gasteiger partial charge >= 0.3 is 0 Å². The molecule has 94 valence electrons. The first-order chi connectivity index (χ1) is 7.52. The maximum atomic E-state index is 11.0. The summed E-state index contributed by atoms with van der Waals surface area (Å²) in [6.07, 6.45) is 0. The molecule has 0 aromatic heterocycles. The second-order valence-electron chi connectivity index (χ2n) is 3.01. The van der Waals surface area contributed by atoms with Gasteiger partial charge in [0.1, 0.15) is 0 Å². The highest BCUT2D eigenvalue weighted by molar-refractivity contribution is 8.76. The van der Waals surface area contributed by atoms with Crippen molar-refractivity contribution in [2.45, 2.75) is 12.1 Å². The number of rotatable bonds is 7. The van der Waals surface area contributed by atoms with Crippen LogP contribution in [0.5, 0.6) is 0 Å². The number of carbonyl (C=O) groups is 2. The third-order valence-corrected chi connectivity index (χ3v) is 4.22. The molecule has 0 aliphatic rings. The van der Waals surface area contributed by atoms with E-state index < -0.39 is 12.1 Å². The van der Waals surface area contributed by atoms with Gasteiger partial charge in [0.25, 0.3) is 0 Å². The Balaban J connectivity index is 3.60. The lowest BCUT2D eigenvalue weighted by atomic mass is 10.3. The van der Waals surface area contributed by atoms with Crippen LogP contribution in [0.3, 0.4) is 0 Å². The first-order valence-electron chi connectivity index (χ1n) is 4.71. The Labute approximate surface area is 103 Å². The summed E-state index contributed by atoms with van der Waals surface area (Å²) in [4.78, 5) is 22.1. The van der Waals surface area contributed by atoms with Gasteiger partial charge in [-0.1, -0.05) is 21.6 Å². The van der Waals surface area contributed by atoms with Crippen molar-refractivity contribution in [3.8, 4) is 0 Å². The average Bonchev–Trinajstić information content (AvgIpc) is 2.31. The highest BCUT2D eigenvalue weighted by Gasteiger charge is 2.14. The van der Waals surface area contributed by atoms with Gasteiger partial charge in [-0.2, -0.15) is 0 Å². The summed E-state index contributed by atoms with van der Waals surface area (Å²) >= 11 is 0. The first kappa shape index (κ1) is 15.6. The fraction of sp³-hybridized carbons (Fsp3) is 0.750. The van der Waals surface area contributed by atoms with E-state index in [2.05, 4.69) is 10.6 Å². The molecule has 8 heteroatoms. The number of likely N-dealkylation sites (N-methyl/N-ethyl adjacent to an activating group) is 2. The second-order valence-corrected chi connectivity index (χ2v) is 5.56. The van der Waals surface area contributed by atoms with Crippen molar-refractivity contribution in [1.82, 2.24) is 10.6 Å². The van der Waals surface area contributed by atoms with E-state index in [9.17, 15) is 9.59 Å². The molecule has 0 saturated heterocycles. The standard InChI is InChI=1S/C8H18N4O2S2/c1-11-7(13)5(9)3-15-16-4-6(10)8(14)12-2/h5-6H,3-4,9-10H2,1-2H3,(H,11,13)(H,12,14)/t5-,6?/m0/s1. The van der Waals surface area contributed by atoms with Crippen LogP contribution in [0.25, 0.3) is 0 Å². The van der Waals surface area contributed by atoms with E-state index in [1.165, 1.54) is 21.6 Å². The van der Waals surface area contributed by atoms with Crippen LogP contribution in [0.4, 0.5) is 0 Å². The molecule has 6 N–H and O–H groups in total. The van der Waals surface area contributed by atoms with E-state index in [1.54, 1.807) is 14.1 Å². The SMILES string of the molecule is CNC(=O)C(N)CSSC[C@H](N)C(=O)NC. The summed E-state index contributed by atoms with van der Waals surface area (Å²) in [5.74, 6) is 0.600. The van der Waals surface area contributed by atoms with Gasteiger partial charge in [0.2, 0.25) is 11.8 Å². The number of carbonyl (C=O) groups excluding carboxylic acids is 2. The van der Waals surface area contributed by atoms with Crippen LogP contribution in [0.1, 0.15) is 0 Å². The van der Waals surface area contributed by atoms with Crippen LogP contribution in [-0.4, -0.2) is 49.5 Å². The molecule has 2 atom stereocenters. The zero-order chi connectivity index (χ0) is 12.6. The Bertz CT molecular complexity index is 216. The van der Waals surface area contributed by atoms with Crippen molar-refractivity contribution in [3.05, 3.63) is 0 Å².